The summed E-state index contributed by atoms with van der Waals surface area (Å²) in [4.78, 5) is 18.2. The predicted molar refractivity (Wildman–Crippen MR) is 71.7 cm³/mol. The molecule has 1 fully saturated rings. The standard InChI is InChI=1S/C13H20N4O/c1-8-7-9(2)16-13(11(8)12(15)18)17-5-3-10(14)4-6-17/h7,10H,3-6,14H2,1-2H3,(H2,15,18). The molecule has 4 N–H and O–H groups in total. The fourth-order valence-electron chi connectivity index (χ4n) is 2.46. The number of hydrogen-bond acceptors (Lipinski definition) is 4. The van der Waals surface area contributed by atoms with Crippen molar-refractivity contribution in [3.05, 3.63) is 22.9 Å². The molecule has 0 bridgehead atoms. The zero-order valence-electron chi connectivity index (χ0n) is 10.9. The van der Waals surface area contributed by atoms with Crippen LogP contribution in [0.3, 0.4) is 0 Å². The number of amides is 1. The first-order valence-corrected chi connectivity index (χ1v) is 6.27. The number of piperidine rings is 1. The van der Waals surface area contributed by atoms with E-state index in [1.165, 1.54) is 0 Å². The van der Waals surface area contributed by atoms with Gasteiger partial charge < -0.3 is 16.4 Å². The maximum atomic E-state index is 11.6. The highest BCUT2D eigenvalue weighted by molar-refractivity contribution is 5.99. The topological polar surface area (TPSA) is 85.2 Å². The lowest BCUT2D eigenvalue weighted by Crippen LogP contribution is -2.41. The number of aryl methyl sites for hydroxylation is 2. The van der Waals surface area contributed by atoms with Gasteiger partial charge in [-0.25, -0.2) is 4.98 Å². The molecular weight excluding hydrogens is 228 g/mol. The second-order valence-electron chi connectivity index (χ2n) is 4.97. The van der Waals surface area contributed by atoms with Gasteiger partial charge in [0.05, 0.1) is 5.56 Å². The zero-order chi connectivity index (χ0) is 13.3. The first-order valence-electron chi connectivity index (χ1n) is 6.27. The van der Waals surface area contributed by atoms with Crippen LogP contribution in [0.25, 0.3) is 0 Å². The average Bonchev–Trinajstić information content (AvgIpc) is 2.28. The average molecular weight is 248 g/mol. The van der Waals surface area contributed by atoms with Crippen LogP contribution in [0.4, 0.5) is 5.82 Å². The van der Waals surface area contributed by atoms with Gasteiger partial charge in [-0.2, -0.15) is 0 Å². The van der Waals surface area contributed by atoms with Gasteiger partial charge in [0.1, 0.15) is 5.82 Å². The van der Waals surface area contributed by atoms with Crippen molar-refractivity contribution in [1.29, 1.82) is 0 Å². The van der Waals surface area contributed by atoms with Crippen LogP contribution in [0.1, 0.15) is 34.5 Å². The third-order valence-electron chi connectivity index (χ3n) is 3.41. The van der Waals surface area contributed by atoms with Gasteiger partial charge in [-0.3, -0.25) is 4.79 Å². The number of rotatable bonds is 2. The summed E-state index contributed by atoms with van der Waals surface area (Å²) in [6, 6.07) is 2.14. The highest BCUT2D eigenvalue weighted by atomic mass is 16.1. The molecule has 1 saturated heterocycles. The van der Waals surface area contributed by atoms with Gasteiger partial charge in [-0.15, -0.1) is 0 Å². The molecule has 1 aromatic rings. The first kappa shape index (κ1) is 12.8. The Morgan fingerprint density at radius 1 is 1.39 bits per heavy atom. The molecular formula is C13H20N4O. The summed E-state index contributed by atoms with van der Waals surface area (Å²) in [6.07, 6.45) is 1.85. The Morgan fingerprint density at radius 2 is 2.00 bits per heavy atom. The van der Waals surface area contributed by atoms with Crippen molar-refractivity contribution in [2.75, 3.05) is 18.0 Å². The Bertz CT molecular complexity index is 464. The third kappa shape index (κ3) is 2.46. The van der Waals surface area contributed by atoms with E-state index in [2.05, 4.69) is 9.88 Å². The predicted octanol–water partition coefficient (Wildman–Crippen LogP) is 0.725. The van der Waals surface area contributed by atoms with E-state index >= 15 is 0 Å². The lowest BCUT2D eigenvalue weighted by atomic mass is 10.0. The van der Waals surface area contributed by atoms with Crippen LogP contribution in [-0.2, 0) is 0 Å². The molecule has 1 amide bonds. The van der Waals surface area contributed by atoms with E-state index in [1.807, 2.05) is 19.9 Å². The number of primary amides is 1. The van der Waals surface area contributed by atoms with Crippen LogP contribution in [0, 0.1) is 13.8 Å². The van der Waals surface area contributed by atoms with Crippen LogP contribution < -0.4 is 16.4 Å². The quantitative estimate of drug-likeness (QED) is 0.807. The van der Waals surface area contributed by atoms with Crippen molar-refractivity contribution in [2.24, 2.45) is 11.5 Å². The largest absolute Gasteiger partial charge is 0.365 e. The summed E-state index contributed by atoms with van der Waals surface area (Å²) in [7, 11) is 0. The number of hydrogen-bond donors (Lipinski definition) is 2. The molecule has 1 aromatic heterocycles. The normalized spacial score (nSPS) is 16.9. The van der Waals surface area contributed by atoms with Gasteiger partial charge in [0.25, 0.3) is 5.91 Å². The molecule has 0 atom stereocenters. The van der Waals surface area contributed by atoms with E-state index in [1.54, 1.807) is 0 Å². The number of carbonyl (C=O) groups excluding carboxylic acids is 1. The van der Waals surface area contributed by atoms with E-state index < -0.39 is 5.91 Å². The molecule has 0 aromatic carbocycles. The molecule has 0 spiro atoms. The minimum absolute atomic E-state index is 0.254. The van der Waals surface area contributed by atoms with Crippen molar-refractivity contribution in [3.8, 4) is 0 Å². The molecule has 0 aliphatic carbocycles. The number of nitrogens with zero attached hydrogens (tertiary/aromatic N) is 2. The minimum atomic E-state index is -0.412. The molecule has 1 aliphatic heterocycles. The number of carbonyl (C=O) groups is 1. The number of aromatic nitrogens is 1. The molecule has 2 rings (SSSR count). The molecule has 0 radical (unpaired) electrons. The number of nitrogens with two attached hydrogens (primary N) is 2. The summed E-state index contributed by atoms with van der Waals surface area (Å²) >= 11 is 0. The highest BCUT2D eigenvalue weighted by Crippen LogP contribution is 2.24. The van der Waals surface area contributed by atoms with Gasteiger partial charge in [0.15, 0.2) is 0 Å². The molecule has 1 aliphatic rings. The Labute approximate surface area is 107 Å². The van der Waals surface area contributed by atoms with Gasteiger partial charge in [-0.05, 0) is 38.3 Å². The molecule has 0 saturated carbocycles. The smallest absolute Gasteiger partial charge is 0.252 e. The van der Waals surface area contributed by atoms with Crippen LogP contribution in [0.15, 0.2) is 6.07 Å². The second kappa shape index (κ2) is 4.94. The second-order valence-corrected chi connectivity index (χ2v) is 4.97. The molecule has 98 valence electrons. The van der Waals surface area contributed by atoms with E-state index in [4.69, 9.17) is 11.5 Å². The van der Waals surface area contributed by atoms with Crippen molar-refractivity contribution >= 4 is 11.7 Å². The third-order valence-corrected chi connectivity index (χ3v) is 3.41. The van der Waals surface area contributed by atoms with Gasteiger partial charge in [-0.1, -0.05) is 0 Å². The Balaban J connectivity index is 2.39. The molecule has 5 heteroatoms. The maximum Gasteiger partial charge on any atom is 0.252 e. The van der Waals surface area contributed by atoms with E-state index in [-0.39, 0.29) is 6.04 Å². The molecule has 0 unspecified atom stereocenters. The summed E-state index contributed by atoms with van der Waals surface area (Å²) in [5.41, 5.74) is 13.7. The number of pyridine rings is 1. The summed E-state index contributed by atoms with van der Waals surface area (Å²) in [5, 5.41) is 0. The van der Waals surface area contributed by atoms with Crippen molar-refractivity contribution in [3.63, 3.8) is 0 Å². The SMILES string of the molecule is Cc1cc(C)c(C(N)=O)c(N2CCC(N)CC2)n1. The summed E-state index contributed by atoms with van der Waals surface area (Å²) in [6.45, 7) is 5.49. The number of anilines is 1. The Hall–Kier alpha value is -1.62. The fraction of sp³-hybridized carbons (Fsp3) is 0.538. The highest BCUT2D eigenvalue weighted by Gasteiger charge is 2.23. The summed E-state index contributed by atoms with van der Waals surface area (Å²) in [5.74, 6) is 0.303. The van der Waals surface area contributed by atoms with Crippen molar-refractivity contribution < 1.29 is 4.79 Å². The lowest BCUT2D eigenvalue weighted by Gasteiger charge is -2.32. The van der Waals surface area contributed by atoms with Crippen LogP contribution >= 0.6 is 0 Å². The molecule has 5 nitrogen and oxygen atoms in total. The van der Waals surface area contributed by atoms with Crippen LogP contribution in [-0.4, -0.2) is 30.0 Å². The van der Waals surface area contributed by atoms with Gasteiger partial charge >= 0.3 is 0 Å². The molecule has 2 heterocycles. The summed E-state index contributed by atoms with van der Waals surface area (Å²) < 4.78 is 0. The molecule has 18 heavy (non-hydrogen) atoms. The van der Waals surface area contributed by atoms with Crippen molar-refractivity contribution in [2.45, 2.75) is 32.7 Å². The fourth-order valence-corrected chi connectivity index (χ4v) is 2.46. The maximum absolute atomic E-state index is 11.6. The Morgan fingerprint density at radius 3 is 2.56 bits per heavy atom. The zero-order valence-corrected chi connectivity index (χ0v) is 10.9. The first-order chi connectivity index (χ1) is 8.49. The van der Waals surface area contributed by atoms with Crippen LogP contribution in [0.5, 0.6) is 0 Å². The van der Waals surface area contributed by atoms with Crippen LogP contribution in [0.2, 0.25) is 0 Å². The monoisotopic (exact) mass is 248 g/mol. The van der Waals surface area contributed by atoms with E-state index in [9.17, 15) is 4.79 Å². The van der Waals surface area contributed by atoms with E-state index in [0.29, 0.717) is 11.4 Å². The van der Waals surface area contributed by atoms with Gasteiger partial charge in [0, 0.05) is 24.8 Å². The lowest BCUT2D eigenvalue weighted by molar-refractivity contribution is 0.1000. The van der Waals surface area contributed by atoms with E-state index in [0.717, 1.165) is 37.2 Å². The Kier molecular flexibility index (Phi) is 3.52. The minimum Gasteiger partial charge on any atom is -0.365 e. The van der Waals surface area contributed by atoms with Gasteiger partial charge in [0.2, 0.25) is 0 Å². The van der Waals surface area contributed by atoms with Crippen molar-refractivity contribution in [1.82, 2.24) is 4.98 Å².